The van der Waals surface area contributed by atoms with Crippen LogP contribution in [-0.4, -0.2) is 9.78 Å². The normalized spacial score (nSPS) is 10.8. The Morgan fingerprint density at radius 1 is 1.43 bits per heavy atom. The van der Waals surface area contributed by atoms with E-state index in [1.807, 2.05) is 24.0 Å². The minimum atomic E-state index is 1.17. The maximum Gasteiger partial charge on any atom is 0.0754 e. The SMILES string of the molecule is C=Cc1c(C)c(C)cc2cnn(C)c12. The first kappa shape index (κ1) is 9.00. The fourth-order valence-corrected chi connectivity index (χ4v) is 1.87. The molecule has 0 radical (unpaired) electrons. The number of nitrogens with zero attached hydrogens (tertiary/aromatic N) is 2. The van der Waals surface area contributed by atoms with E-state index in [-0.39, 0.29) is 0 Å². The first-order chi connectivity index (χ1) is 6.65. The van der Waals surface area contributed by atoms with Gasteiger partial charge in [-0.05, 0) is 31.0 Å². The largest absolute Gasteiger partial charge is 0.267 e. The average Bonchev–Trinajstić information content (AvgIpc) is 2.50. The Labute approximate surface area is 83.9 Å². The standard InChI is InChI=1S/C12H14N2/c1-5-11-9(3)8(2)6-10-7-13-14(4)12(10)11/h5-7H,1H2,2-4H3. The highest BCUT2D eigenvalue weighted by molar-refractivity contribution is 5.89. The summed E-state index contributed by atoms with van der Waals surface area (Å²) in [4.78, 5) is 0. The Hall–Kier alpha value is -1.57. The predicted octanol–water partition coefficient (Wildman–Crippen LogP) is 2.83. The molecule has 0 N–H and O–H groups in total. The molecule has 14 heavy (non-hydrogen) atoms. The van der Waals surface area contributed by atoms with Crippen LogP contribution in [0.2, 0.25) is 0 Å². The summed E-state index contributed by atoms with van der Waals surface area (Å²) in [6, 6.07) is 2.17. The fraction of sp³-hybridized carbons (Fsp3) is 0.250. The van der Waals surface area contributed by atoms with Crippen molar-refractivity contribution in [1.82, 2.24) is 9.78 Å². The number of hydrogen-bond acceptors (Lipinski definition) is 1. The molecule has 0 bridgehead atoms. The molecule has 0 saturated carbocycles. The van der Waals surface area contributed by atoms with Gasteiger partial charge in [-0.2, -0.15) is 5.10 Å². The third-order valence-electron chi connectivity index (χ3n) is 2.79. The summed E-state index contributed by atoms with van der Waals surface area (Å²) >= 11 is 0. The van der Waals surface area contributed by atoms with Gasteiger partial charge in [-0.3, -0.25) is 4.68 Å². The Morgan fingerprint density at radius 3 is 2.79 bits per heavy atom. The van der Waals surface area contributed by atoms with Crippen molar-refractivity contribution in [3.05, 3.63) is 35.5 Å². The van der Waals surface area contributed by atoms with E-state index >= 15 is 0 Å². The second-order valence-corrected chi connectivity index (χ2v) is 3.64. The third kappa shape index (κ3) is 1.07. The lowest BCUT2D eigenvalue weighted by Crippen LogP contribution is -1.94. The summed E-state index contributed by atoms with van der Waals surface area (Å²) in [5, 5.41) is 5.44. The Morgan fingerprint density at radius 2 is 2.14 bits per heavy atom. The van der Waals surface area contributed by atoms with E-state index in [4.69, 9.17) is 0 Å². The highest BCUT2D eigenvalue weighted by Gasteiger charge is 2.08. The van der Waals surface area contributed by atoms with Crippen LogP contribution < -0.4 is 0 Å². The van der Waals surface area contributed by atoms with Crippen LogP contribution in [0.1, 0.15) is 16.7 Å². The first-order valence-electron chi connectivity index (χ1n) is 4.69. The van der Waals surface area contributed by atoms with E-state index in [0.717, 1.165) is 0 Å². The van der Waals surface area contributed by atoms with Crippen molar-refractivity contribution >= 4 is 17.0 Å². The van der Waals surface area contributed by atoms with Crippen LogP contribution in [0.15, 0.2) is 18.8 Å². The van der Waals surface area contributed by atoms with Gasteiger partial charge in [0, 0.05) is 18.0 Å². The number of rotatable bonds is 1. The van der Waals surface area contributed by atoms with Crippen molar-refractivity contribution in [3.63, 3.8) is 0 Å². The van der Waals surface area contributed by atoms with Gasteiger partial charge in [0.25, 0.3) is 0 Å². The summed E-state index contributed by atoms with van der Waals surface area (Å²) in [5.74, 6) is 0. The van der Waals surface area contributed by atoms with Crippen LogP contribution in [-0.2, 0) is 7.05 Å². The topological polar surface area (TPSA) is 17.8 Å². The Kier molecular flexibility index (Phi) is 1.92. The van der Waals surface area contributed by atoms with Gasteiger partial charge >= 0.3 is 0 Å². The van der Waals surface area contributed by atoms with Crippen LogP contribution >= 0.6 is 0 Å². The van der Waals surface area contributed by atoms with Gasteiger partial charge < -0.3 is 0 Å². The lowest BCUT2D eigenvalue weighted by molar-refractivity contribution is 0.796. The van der Waals surface area contributed by atoms with Crippen LogP contribution in [0.5, 0.6) is 0 Å². The molecule has 2 aromatic rings. The summed E-state index contributed by atoms with van der Waals surface area (Å²) < 4.78 is 1.90. The molecule has 2 heteroatoms. The Bertz CT molecular complexity index is 507. The maximum absolute atomic E-state index is 4.26. The lowest BCUT2D eigenvalue weighted by Gasteiger charge is -2.07. The average molecular weight is 186 g/mol. The van der Waals surface area contributed by atoms with Crippen LogP contribution in [0.3, 0.4) is 0 Å². The molecule has 0 fully saturated rings. The second-order valence-electron chi connectivity index (χ2n) is 3.64. The molecule has 0 saturated heterocycles. The van der Waals surface area contributed by atoms with Gasteiger partial charge in [0.1, 0.15) is 0 Å². The molecule has 0 aliphatic carbocycles. The number of aromatic nitrogens is 2. The summed E-state index contributed by atoms with van der Waals surface area (Å²) in [7, 11) is 1.96. The van der Waals surface area contributed by atoms with E-state index in [1.165, 1.54) is 27.6 Å². The van der Waals surface area contributed by atoms with Crippen molar-refractivity contribution in [3.8, 4) is 0 Å². The lowest BCUT2D eigenvalue weighted by atomic mass is 10.0. The monoisotopic (exact) mass is 186 g/mol. The molecule has 2 nitrogen and oxygen atoms in total. The van der Waals surface area contributed by atoms with Crippen LogP contribution in [0.25, 0.3) is 17.0 Å². The number of fused-ring (bicyclic) bond motifs is 1. The molecule has 0 atom stereocenters. The minimum absolute atomic E-state index is 1.17. The summed E-state index contributed by atoms with van der Waals surface area (Å²) in [6.45, 7) is 8.11. The van der Waals surface area contributed by atoms with E-state index < -0.39 is 0 Å². The fourth-order valence-electron chi connectivity index (χ4n) is 1.87. The van der Waals surface area contributed by atoms with Crippen molar-refractivity contribution in [1.29, 1.82) is 0 Å². The molecule has 0 spiro atoms. The van der Waals surface area contributed by atoms with Gasteiger partial charge in [0.05, 0.1) is 11.7 Å². The van der Waals surface area contributed by atoms with Crippen molar-refractivity contribution < 1.29 is 0 Å². The summed E-state index contributed by atoms with van der Waals surface area (Å²) in [5.41, 5.74) is 4.94. The van der Waals surface area contributed by atoms with Gasteiger partial charge in [-0.1, -0.05) is 12.7 Å². The molecular formula is C12H14N2. The summed E-state index contributed by atoms with van der Waals surface area (Å²) in [6.07, 6.45) is 3.81. The second kappa shape index (κ2) is 2.98. The zero-order valence-electron chi connectivity index (χ0n) is 8.83. The van der Waals surface area contributed by atoms with Gasteiger partial charge in [0.15, 0.2) is 0 Å². The molecule has 0 aliphatic heterocycles. The predicted molar refractivity (Wildman–Crippen MR) is 60.3 cm³/mol. The third-order valence-corrected chi connectivity index (χ3v) is 2.79. The molecular weight excluding hydrogens is 172 g/mol. The van der Waals surface area contributed by atoms with Crippen molar-refractivity contribution in [2.45, 2.75) is 13.8 Å². The van der Waals surface area contributed by atoms with E-state index in [1.54, 1.807) is 0 Å². The van der Waals surface area contributed by atoms with E-state index in [2.05, 4.69) is 31.6 Å². The molecule has 0 aliphatic rings. The van der Waals surface area contributed by atoms with Crippen LogP contribution in [0.4, 0.5) is 0 Å². The molecule has 0 unspecified atom stereocenters. The Balaban J connectivity index is 2.99. The first-order valence-corrected chi connectivity index (χ1v) is 4.69. The highest BCUT2D eigenvalue weighted by Crippen LogP contribution is 2.25. The number of hydrogen-bond donors (Lipinski definition) is 0. The molecule has 2 rings (SSSR count). The smallest absolute Gasteiger partial charge is 0.0754 e. The van der Waals surface area contributed by atoms with E-state index in [0.29, 0.717) is 0 Å². The van der Waals surface area contributed by atoms with Gasteiger partial charge in [-0.25, -0.2) is 0 Å². The zero-order chi connectivity index (χ0) is 10.3. The van der Waals surface area contributed by atoms with Crippen molar-refractivity contribution in [2.24, 2.45) is 7.05 Å². The molecule has 1 heterocycles. The minimum Gasteiger partial charge on any atom is -0.267 e. The number of benzene rings is 1. The maximum atomic E-state index is 4.26. The quantitative estimate of drug-likeness (QED) is 0.669. The molecule has 1 aromatic heterocycles. The number of aryl methyl sites for hydroxylation is 2. The van der Waals surface area contributed by atoms with Gasteiger partial charge in [-0.15, -0.1) is 0 Å². The zero-order valence-corrected chi connectivity index (χ0v) is 8.83. The van der Waals surface area contributed by atoms with Gasteiger partial charge in [0.2, 0.25) is 0 Å². The van der Waals surface area contributed by atoms with E-state index in [9.17, 15) is 0 Å². The highest BCUT2D eigenvalue weighted by atomic mass is 15.2. The molecule has 1 aromatic carbocycles. The molecule has 0 amide bonds. The molecule has 72 valence electrons. The van der Waals surface area contributed by atoms with Crippen LogP contribution in [0, 0.1) is 13.8 Å². The van der Waals surface area contributed by atoms with Crippen molar-refractivity contribution in [2.75, 3.05) is 0 Å².